The minimum absolute atomic E-state index is 0.0751. The highest BCUT2D eigenvalue weighted by Gasteiger charge is 2.38. The van der Waals surface area contributed by atoms with Crippen LogP contribution in [0.4, 0.5) is 13.2 Å². The maximum atomic E-state index is 12.7. The highest BCUT2D eigenvalue weighted by atomic mass is 79.9. The molecule has 5 nitrogen and oxygen atoms in total. The van der Waals surface area contributed by atoms with Crippen LogP contribution in [0, 0.1) is 0 Å². The number of halogens is 4. The van der Waals surface area contributed by atoms with E-state index in [9.17, 15) is 30.0 Å². The van der Waals surface area contributed by atoms with Crippen LogP contribution in [0.2, 0.25) is 0 Å². The van der Waals surface area contributed by atoms with Gasteiger partial charge in [-0.25, -0.2) is 21.8 Å². The molecule has 1 aliphatic heterocycles. The first-order chi connectivity index (χ1) is 9.93. The number of hydrogen-bond donors (Lipinski definition) is 0. The van der Waals surface area contributed by atoms with E-state index in [-0.39, 0.29) is 28.8 Å². The van der Waals surface area contributed by atoms with E-state index in [1.807, 2.05) is 0 Å². The minimum atomic E-state index is -4.76. The van der Waals surface area contributed by atoms with E-state index in [1.54, 1.807) is 0 Å². The Hall–Kier alpha value is -0.680. The molecule has 0 unspecified atom stereocenters. The summed E-state index contributed by atoms with van der Waals surface area (Å²) in [6.45, 7) is 0. The summed E-state index contributed by atoms with van der Waals surface area (Å²) < 4.78 is 85.5. The fraction of sp³-hybridized carbons (Fsp3) is 0.545. The zero-order chi connectivity index (χ0) is 16.8. The number of rotatable bonds is 2. The van der Waals surface area contributed by atoms with Crippen LogP contribution < -0.4 is 0 Å². The smallest absolute Gasteiger partial charge is 0.231 e. The molecule has 1 aliphatic rings. The molecule has 2 rings (SSSR count). The van der Waals surface area contributed by atoms with Crippen LogP contribution in [-0.2, 0) is 25.9 Å². The summed E-state index contributed by atoms with van der Waals surface area (Å²) in [7, 11) is -7.42. The third-order valence-corrected chi connectivity index (χ3v) is 8.13. The molecule has 0 amide bonds. The number of nitrogens with zero attached hydrogens (tertiary/aromatic N) is 1. The molecule has 0 bridgehead atoms. The maximum absolute atomic E-state index is 12.7. The molecule has 1 fully saturated rings. The number of aromatic nitrogens is 1. The van der Waals surface area contributed by atoms with Crippen molar-refractivity contribution in [2.24, 2.45) is 0 Å². The second-order valence-electron chi connectivity index (χ2n) is 4.88. The highest BCUT2D eigenvalue weighted by Crippen LogP contribution is 2.33. The van der Waals surface area contributed by atoms with Crippen LogP contribution in [0.3, 0.4) is 0 Å². The lowest BCUT2D eigenvalue weighted by Gasteiger charge is -2.22. The van der Waals surface area contributed by atoms with Gasteiger partial charge in [0.25, 0.3) is 0 Å². The standard InChI is InChI=1S/C11H11BrF3NO4S2/c12-8-1-2-9(11(13,14)15)16-10(8)22(19,20)7-3-5-21(17,18)6-4-7/h1-2,7H,3-6H2. The van der Waals surface area contributed by atoms with Crippen LogP contribution in [0.15, 0.2) is 21.6 Å². The zero-order valence-corrected chi connectivity index (χ0v) is 14.2. The van der Waals surface area contributed by atoms with Crippen molar-refractivity contribution in [2.45, 2.75) is 29.3 Å². The summed E-state index contributed by atoms with van der Waals surface area (Å²) in [4.78, 5) is 3.22. The Morgan fingerprint density at radius 3 is 2.23 bits per heavy atom. The van der Waals surface area contributed by atoms with Crippen molar-refractivity contribution in [1.82, 2.24) is 4.98 Å². The van der Waals surface area contributed by atoms with Crippen LogP contribution in [0.25, 0.3) is 0 Å². The van der Waals surface area contributed by atoms with Gasteiger partial charge in [-0.05, 0) is 40.9 Å². The van der Waals surface area contributed by atoms with Crippen LogP contribution in [0.5, 0.6) is 0 Å². The number of hydrogen-bond acceptors (Lipinski definition) is 5. The van der Waals surface area contributed by atoms with Gasteiger partial charge in [0, 0.05) is 0 Å². The highest BCUT2D eigenvalue weighted by molar-refractivity contribution is 9.10. The van der Waals surface area contributed by atoms with Gasteiger partial charge in [0.05, 0.1) is 21.2 Å². The molecule has 0 N–H and O–H groups in total. The van der Waals surface area contributed by atoms with Gasteiger partial charge in [-0.2, -0.15) is 13.2 Å². The predicted molar refractivity (Wildman–Crippen MR) is 75.8 cm³/mol. The monoisotopic (exact) mass is 421 g/mol. The van der Waals surface area contributed by atoms with E-state index < -0.39 is 41.8 Å². The van der Waals surface area contributed by atoms with Gasteiger partial charge in [-0.1, -0.05) is 0 Å². The number of sulfone groups is 2. The molecule has 0 atom stereocenters. The van der Waals surface area contributed by atoms with Crippen molar-refractivity contribution in [2.75, 3.05) is 11.5 Å². The molecule has 0 saturated carbocycles. The molecule has 22 heavy (non-hydrogen) atoms. The third-order valence-electron chi connectivity index (χ3n) is 3.31. The van der Waals surface area contributed by atoms with E-state index >= 15 is 0 Å². The third kappa shape index (κ3) is 3.62. The average Bonchev–Trinajstić information content (AvgIpc) is 2.37. The van der Waals surface area contributed by atoms with Gasteiger partial charge in [0.2, 0.25) is 0 Å². The quantitative estimate of drug-likeness (QED) is 0.730. The van der Waals surface area contributed by atoms with Crippen molar-refractivity contribution in [3.05, 3.63) is 22.3 Å². The summed E-state index contributed by atoms with van der Waals surface area (Å²) >= 11 is 2.89. The molecule has 0 aliphatic carbocycles. The van der Waals surface area contributed by atoms with Crippen LogP contribution in [-0.4, -0.2) is 38.6 Å². The molecule has 11 heteroatoms. The van der Waals surface area contributed by atoms with E-state index in [2.05, 4.69) is 20.9 Å². The average molecular weight is 422 g/mol. The Morgan fingerprint density at radius 1 is 1.18 bits per heavy atom. The molecular weight excluding hydrogens is 411 g/mol. The lowest BCUT2D eigenvalue weighted by atomic mass is 10.2. The Labute approximate surface area is 133 Å². The lowest BCUT2D eigenvalue weighted by molar-refractivity contribution is -0.141. The van der Waals surface area contributed by atoms with Gasteiger partial charge >= 0.3 is 6.18 Å². The SMILES string of the molecule is O=S1(=O)CCC(S(=O)(=O)c2nc(C(F)(F)F)ccc2Br)CC1. The molecule has 2 heterocycles. The van der Waals surface area contributed by atoms with Crippen molar-refractivity contribution < 1.29 is 30.0 Å². The minimum Gasteiger partial charge on any atom is -0.231 e. The molecule has 1 aromatic heterocycles. The molecule has 1 saturated heterocycles. The Kier molecular flexibility index (Phi) is 4.62. The van der Waals surface area contributed by atoms with Gasteiger partial charge in [-0.3, -0.25) is 0 Å². The zero-order valence-electron chi connectivity index (χ0n) is 11.0. The first-order valence-corrected chi connectivity index (χ1v) is 10.3. The van der Waals surface area contributed by atoms with E-state index in [0.29, 0.717) is 6.07 Å². The van der Waals surface area contributed by atoms with Crippen molar-refractivity contribution >= 4 is 35.6 Å². The molecular formula is C11H11BrF3NO4S2. The van der Waals surface area contributed by atoms with Gasteiger partial charge in [-0.15, -0.1) is 0 Å². The van der Waals surface area contributed by atoms with Crippen LogP contribution in [0.1, 0.15) is 18.5 Å². The number of pyridine rings is 1. The second kappa shape index (κ2) is 5.75. The maximum Gasteiger partial charge on any atom is 0.433 e. The summed E-state index contributed by atoms with van der Waals surface area (Å²) in [5.41, 5.74) is -1.31. The van der Waals surface area contributed by atoms with Crippen LogP contribution >= 0.6 is 15.9 Å². The van der Waals surface area contributed by atoms with Gasteiger partial charge in [0.15, 0.2) is 14.9 Å². The second-order valence-corrected chi connectivity index (χ2v) is 10.2. The first-order valence-electron chi connectivity index (χ1n) is 6.11. The summed E-state index contributed by atoms with van der Waals surface area (Å²) in [5.74, 6) is -0.596. The Bertz CT molecular complexity index is 776. The number of alkyl halides is 3. The van der Waals surface area contributed by atoms with Gasteiger partial charge in [0.1, 0.15) is 15.5 Å². The molecule has 0 aromatic carbocycles. The normalized spacial score (nSPS) is 20.0. The van der Waals surface area contributed by atoms with E-state index in [4.69, 9.17) is 0 Å². The molecule has 0 spiro atoms. The predicted octanol–water partition coefficient (Wildman–Crippen LogP) is 2.21. The largest absolute Gasteiger partial charge is 0.433 e. The fourth-order valence-electron chi connectivity index (χ4n) is 2.12. The first kappa shape index (κ1) is 17.7. The molecule has 1 aromatic rings. The summed E-state index contributed by atoms with van der Waals surface area (Å²) in [6, 6.07) is 1.65. The topological polar surface area (TPSA) is 81.2 Å². The molecule has 124 valence electrons. The van der Waals surface area contributed by atoms with E-state index in [1.165, 1.54) is 0 Å². The van der Waals surface area contributed by atoms with Crippen molar-refractivity contribution in [1.29, 1.82) is 0 Å². The summed E-state index contributed by atoms with van der Waals surface area (Å²) in [5, 5.41) is -1.75. The van der Waals surface area contributed by atoms with Crippen molar-refractivity contribution in [3.63, 3.8) is 0 Å². The van der Waals surface area contributed by atoms with Crippen molar-refractivity contribution in [3.8, 4) is 0 Å². The Balaban J connectivity index is 2.42. The summed E-state index contributed by atoms with van der Waals surface area (Å²) in [6.07, 6.45) is -5.05. The van der Waals surface area contributed by atoms with Gasteiger partial charge < -0.3 is 0 Å². The molecule has 0 radical (unpaired) electrons. The Morgan fingerprint density at radius 2 is 1.73 bits per heavy atom. The van der Waals surface area contributed by atoms with E-state index in [0.717, 1.165) is 6.07 Å². The lowest BCUT2D eigenvalue weighted by Crippen LogP contribution is -2.33. The fourth-order valence-corrected chi connectivity index (χ4v) is 6.54.